The van der Waals surface area contributed by atoms with Gasteiger partial charge in [0.25, 0.3) is 0 Å². The predicted molar refractivity (Wildman–Crippen MR) is 47.2 cm³/mol. The molecule has 2 atom stereocenters. The van der Waals surface area contributed by atoms with Crippen LogP contribution in [-0.2, 0) is 4.79 Å². The molecule has 2 bridgehead atoms. The first-order valence-corrected chi connectivity index (χ1v) is 5.04. The number of rotatable bonds is 2. The van der Waals surface area contributed by atoms with Crippen molar-refractivity contribution in [1.29, 1.82) is 0 Å². The summed E-state index contributed by atoms with van der Waals surface area (Å²) in [4.78, 5) is 13.0. The highest BCUT2D eigenvalue weighted by Gasteiger charge is 2.38. The van der Waals surface area contributed by atoms with Crippen LogP contribution in [0.15, 0.2) is 0 Å². The minimum Gasteiger partial charge on any atom is -0.340 e. The van der Waals surface area contributed by atoms with Crippen molar-refractivity contribution >= 4 is 5.91 Å². The molecule has 1 amide bonds. The molecule has 1 N–H and O–H groups in total. The summed E-state index contributed by atoms with van der Waals surface area (Å²) in [6.07, 6.45) is -4.61. The molecule has 2 unspecified atom stereocenters. The number of nitrogens with one attached hydrogen (secondary N) is 1. The van der Waals surface area contributed by atoms with Crippen LogP contribution < -0.4 is 5.32 Å². The highest BCUT2D eigenvalue weighted by molar-refractivity contribution is 5.76. The van der Waals surface area contributed by atoms with E-state index < -0.39 is 19.0 Å². The average Bonchev–Trinajstić information content (AvgIpc) is 2.12. The summed E-state index contributed by atoms with van der Waals surface area (Å²) in [5.41, 5.74) is 0. The SMILES string of the molecule is O=C(CCC(F)(F)F)N1CC2CC(C1)N2. The monoisotopic (exact) mass is 222 g/mol. The van der Waals surface area contributed by atoms with Gasteiger partial charge < -0.3 is 10.2 Å². The van der Waals surface area contributed by atoms with Crippen molar-refractivity contribution in [3.63, 3.8) is 0 Å². The molecule has 0 aromatic rings. The molecule has 0 aromatic carbocycles. The molecule has 6 heteroatoms. The number of alkyl halides is 3. The van der Waals surface area contributed by atoms with Crippen LogP contribution in [0.1, 0.15) is 19.3 Å². The molecule has 3 saturated heterocycles. The van der Waals surface area contributed by atoms with Crippen molar-refractivity contribution < 1.29 is 18.0 Å². The maximum absolute atomic E-state index is 11.9. The molecular weight excluding hydrogens is 209 g/mol. The smallest absolute Gasteiger partial charge is 0.340 e. The number of hydrogen-bond donors (Lipinski definition) is 1. The second-order valence-electron chi connectivity index (χ2n) is 4.21. The second kappa shape index (κ2) is 3.66. The topological polar surface area (TPSA) is 32.3 Å². The van der Waals surface area contributed by atoms with Crippen LogP contribution in [0.25, 0.3) is 0 Å². The lowest BCUT2D eigenvalue weighted by atomic mass is 9.91. The fourth-order valence-electron chi connectivity index (χ4n) is 2.12. The Hall–Kier alpha value is -0.780. The van der Waals surface area contributed by atoms with E-state index in [2.05, 4.69) is 5.32 Å². The summed E-state index contributed by atoms with van der Waals surface area (Å²) >= 11 is 0. The summed E-state index contributed by atoms with van der Waals surface area (Å²) in [5, 5.41) is 3.22. The molecule has 0 radical (unpaired) electrons. The summed E-state index contributed by atoms with van der Waals surface area (Å²) in [5.74, 6) is -0.372. The van der Waals surface area contributed by atoms with Crippen LogP contribution in [0.5, 0.6) is 0 Å². The van der Waals surface area contributed by atoms with Crippen molar-refractivity contribution in [2.45, 2.75) is 37.5 Å². The van der Waals surface area contributed by atoms with Gasteiger partial charge in [-0.1, -0.05) is 0 Å². The minimum atomic E-state index is -4.23. The summed E-state index contributed by atoms with van der Waals surface area (Å²) in [6.45, 7) is 1.13. The van der Waals surface area contributed by atoms with Crippen LogP contribution in [0.4, 0.5) is 13.2 Å². The van der Waals surface area contributed by atoms with Crippen molar-refractivity contribution in [3.05, 3.63) is 0 Å². The number of nitrogens with zero attached hydrogens (tertiary/aromatic N) is 1. The van der Waals surface area contributed by atoms with E-state index in [-0.39, 0.29) is 5.91 Å². The highest BCUT2D eigenvalue weighted by atomic mass is 19.4. The molecule has 3 aliphatic rings. The van der Waals surface area contributed by atoms with Gasteiger partial charge in [0.2, 0.25) is 5.91 Å². The lowest BCUT2D eigenvalue weighted by molar-refractivity contribution is -0.151. The third-order valence-electron chi connectivity index (χ3n) is 2.90. The van der Waals surface area contributed by atoms with Gasteiger partial charge in [-0.15, -0.1) is 0 Å². The Morgan fingerprint density at radius 1 is 1.33 bits per heavy atom. The quantitative estimate of drug-likeness (QED) is 0.753. The Bertz CT molecular complexity index is 251. The van der Waals surface area contributed by atoms with E-state index in [9.17, 15) is 18.0 Å². The van der Waals surface area contributed by atoms with E-state index >= 15 is 0 Å². The van der Waals surface area contributed by atoms with Gasteiger partial charge in [0.1, 0.15) is 0 Å². The Labute approximate surface area is 85.6 Å². The third-order valence-corrected chi connectivity index (χ3v) is 2.90. The van der Waals surface area contributed by atoms with Gasteiger partial charge in [-0.05, 0) is 6.42 Å². The standard InChI is InChI=1S/C9H13F3N2O/c10-9(11,12)2-1-8(15)14-4-6-3-7(5-14)13-6/h6-7,13H,1-5H2. The summed E-state index contributed by atoms with van der Waals surface area (Å²) in [7, 11) is 0. The Kier molecular flexibility index (Phi) is 2.62. The number of hydrogen-bond acceptors (Lipinski definition) is 2. The van der Waals surface area contributed by atoms with Gasteiger partial charge in [-0.3, -0.25) is 4.79 Å². The minimum absolute atomic E-state index is 0.304. The largest absolute Gasteiger partial charge is 0.389 e. The number of piperidine rings is 1. The third kappa shape index (κ3) is 2.62. The zero-order valence-electron chi connectivity index (χ0n) is 8.18. The Morgan fingerprint density at radius 3 is 2.33 bits per heavy atom. The predicted octanol–water partition coefficient (Wildman–Crippen LogP) is 0.902. The molecular formula is C9H13F3N2O. The second-order valence-corrected chi connectivity index (χ2v) is 4.21. The van der Waals surface area contributed by atoms with E-state index in [0.717, 1.165) is 6.42 Å². The van der Waals surface area contributed by atoms with Crippen LogP contribution in [-0.4, -0.2) is 42.2 Å². The van der Waals surface area contributed by atoms with Crippen molar-refractivity contribution in [1.82, 2.24) is 10.2 Å². The molecule has 3 rings (SSSR count). The number of piperazine rings is 1. The van der Waals surface area contributed by atoms with Gasteiger partial charge >= 0.3 is 6.18 Å². The summed E-state index contributed by atoms with van der Waals surface area (Å²) in [6, 6.07) is 0.608. The van der Waals surface area contributed by atoms with Gasteiger partial charge in [-0.2, -0.15) is 13.2 Å². The number of fused-ring (bicyclic) bond motifs is 2. The number of amides is 1. The van der Waals surface area contributed by atoms with Crippen LogP contribution >= 0.6 is 0 Å². The first kappa shape index (κ1) is 10.7. The van der Waals surface area contributed by atoms with Gasteiger partial charge in [0, 0.05) is 31.6 Å². The van der Waals surface area contributed by atoms with Crippen molar-refractivity contribution in [3.8, 4) is 0 Å². The fourth-order valence-corrected chi connectivity index (χ4v) is 2.12. The molecule has 86 valence electrons. The number of carbonyl (C=O) groups excluding carboxylic acids is 1. The average molecular weight is 222 g/mol. The Balaban J connectivity index is 1.76. The maximum Gasteiger partial charge on any atom is 0.389 e. The molecule has 0 spiro atoms. The van der Waals surface area contributed by atoms with E-state index in [0.29, 0.717) is 25.2 Å². The molecule has 3 nitrogen and oxygen atoms in total. The van der Waals surface area contributed by atoms with E-state index in [1.807, 2.05) is 0 Å². The van der Waals surface area contributed by atoms with Crippen molar-refractivity contribution in [2.24, 2.45) is 0 Å². The molecule has 3 aliphatic heterocycles. The molecule has 0 aromatic heterocycles. The molecule has 15 heavy (non-hydrogen) atoms. The fraction of sp³-hybridized carbons (Fsp3) is 0.889. The molecule has 3 heterocycles. The molecule has 0 aliphatic carbocycles. The van der Waals surface area contributed by atoms with Gasteiger partial charge in [0.05, 0.1) is 6.42 Å². The summed E-state index contributed by atoms with van der Waals surface area (Å²) < 4.78 is 35.7. The van der Waals surface area contributed by atoms with Gasteiger partial charge in [-0.25, -0.2) is 0 Å². The highest BCUT2D eigenvalue weighted by Crippen LogP contribution is 2.24. The van der Waals surface area contributed by atoms with E-state index in [4.69, 9.17) is 0 Å². The van der Waals surface area contributed by atoms with Crippen molar-refractivity contribution in [2.75, 3.05) is 13.1 Å². The first-order chi connectivity index (χ1) is 6.94. The maximum atomic E-state index is 11.9. The lowest BCUT2D eigenvalue weighted by Crippen LogP contribution is -2.67. The Morgan fingerprint density at radius 2 is 1.87 bits per heavy atom. The normalized spacial score (nSPS) is 29.9. The van der Waals surface area contributed by atoms with E-state index in [1.54, 1.807) is 4.90 Å². The van der Waals surface area contributed by atoms with E-state index in [1.165, 1.54) is 0 Å². The molecule has 3 fully saturated rings. The zero-order valence-corrected chi connectivity index (χ0v) is 8.18. The first-order valence-electron chi connectivity index (χ1n) is 5.04. The zero-order chi connectivity index (χ0) is 11.1. The van der Waals surface area contributed by atoms with Crippen LogP contribution in [0, 0.1) is 0 Å². The van der Waals surface area contributed by atoms with Crippen LogP contribution in [0.3, 0.4) is 0 Å². The number of carbonyl (C=O) groups is 1. The van der Waals surface area contributed by atoms with Crippen LogP contribution in [0.2, 0.25) is 0 Å². The molecule has 0 saturated carbocycles. The van der Waals surface area contributed by atoms with Gasteiger partial charge in [0.15, 0.2) is 0 Å². The number of halogens is 3. The lowest BCUT2D eigenvalue weighted by Gasteiger charge is -2.48.